The number of hydrogen-bond donors (Lipinski definition) is 2. The summed E-state index contributed by atoms with van der Waals surface area (Å²) < 4.78 is 7.05. The first-order valence-corrected chi connectivity index (χ1v) is 29.3. The summed E-state index contributed by atoms with van der Waals surface area (Å²) in [7, 11) is 0. The van der Waals surface area contributed by atoms with Gasteiger partial charge in [0, 0.05) is 25.5 Å². The summed E-state index contributed by atoms with van der Waals surface area (Å²) in [6.45, 7) is 10.1. The van der Waals surface area contributed by atoms with E-state index in [1.165, 1.54) is 26.7 Å². The molecular formula is C63H70ClI2N5O8. The Bertz CT molecular complexity index is 2910. The second-order valence-corrected chi connectivity index (χ2v) is 22.5. The first-order chi connectivity index (χ1) is 37.7. The first kappa shape index (κ1) is 62.4. The highest BCUT2D eigenvalue weighted by atomic mass is 127. The van der Waals surface area contributed by atoms with E-state index in [9.17, 15) is 28.8 Å². The van der Waals surface area contributed by atoms with Crippen LogP contribution in [-0.4, -0.2) is 91.6 Å². The van der Waals surface area contributed by atoms with E-state index in [2.05, 4.69) is 115 Å². The molecule has 3 aromatic carbocycles. The maximum atomic E-state index is 12.3. The summed E-state index contributed by atoms with van der Waals surface area (Å²) in [5, 5.41) is 17.2. The zero-order chi connectivity index (χ0) is 56.0. The molecule has 3 aliphatic heterocycles. The maximum absolute atomic E-state index is 12.3. The molecule has 12 rings (SSSR count). The Kier molecular flexibility index (Phi) is 23.4. The number of nitriles is 1. The van der Waals surface area contributed by atoms with Gasteiger partial charge in [0.15, 0.2) is 0 Å². The van der Waals surface area contributed by atoms with Crippen LogP contribution in [0.3, 0.4) is 0 Å². The molecule has 79 heavy (non-hydrogen) atoms. The van der Waals surface area contributed by atoms with Crippen molar-refractivity contribution in [3.05, 3.63) is 186 Å². The summed E-state index contributed by atoms with van der Waals surface area (Å²) in [5.74, 6) is 0.170. The quantitative estimate of drug-likeness (QED) is 0.0949. The molecule has 6 aliphatic carbocycles. The van der Waals surface area contributed by atoms with Crippen molar-refractivity contribution in [1.29, 1.82) is 5.26 Å². The molecule has 9 aliphatic rings. The molecule has 16 heteroatoms. The number of ether oxygens (including phenoxy) is 1. The zero-order valence-electron chi connectivity index (χ0n) is 45.0. The normalized spacial score (nSPS) is 25.3. The molecule has 13 nitrogen and oxygen atoms in total. The fourth-order valence-corrected chi connectivity index (χ4v) is 12.6. The number of amides is 6. The van der Waals surface area contributed by atoms with Gasteiger partial charge in [-0.05, 0) is 170 Å². The molecule has 0 saturated heterocycles. The van der Waals surface area contributed by atoms with E-state index in [4.69, 9.17) is 20.8 Å². The average molecular weight is 1310 g/mol. The summed E-state index contributed by atoms with van der Waals surface area (Å²) in [4.78, 5) is 77.9. The lowest BCUT2D eigenvalue weighted by Gasteiger charge is -2.24. The van der Waals surface area contributed by atoms with Crippen LogP contribution in [0.25, 0.3) is 0 Å². The Morgan fingerprint density at radius 3 is 1.38 bits per heavy atom. The van der Waals surface area contributed by atoms with Gasteiger partial charge < -0.3 is 15.6 Å². The van der Waals surface area contributed by atoms with Gasteiger partial charge in [-0.15, -0.1) is 12.4 Å². The van der Waals surface area contributed by atoms with Crippen molar-refractivity contribution in [3.8, 4) is 6.26 Å². The summed E-state index contributed by atoms with van der Waals surface area (Å²) in [6, 6.07) is 21.3. The summed E-state index contributed by atoms with van der Waals surface area (Å²) in [5.41, 5.74) is 11.1. The van der Waals surface area contributed by atoms with Crippen molar-refractivity contribution in [3.63, 3.8) is 0 Å². The third-order valence-corrected chi connectivity index (χ3v) is 17.8. The van der Waals surface area contributed by atoms with Crippen LogP contribution in [0, 0.1) is 23.4 Å². The highest BCUT2D eigenvalue weighted by Gasteiger charge is 2.44. The predicted molar refractivity (Wildman–Crippen MR) is 327 cm³/mol. The lowest BCUT2D eigenvalue weighted by atomic mass is 10.0. The number of aliphatic hydroxyl groups excluding tert-OH is 1. The van der Waals surface area contributed by atoms with Crippen molar-refractivity contribution >= 4 is 93.0 Å². The predicted octanol–water partition coefficient (Wildman–Crippen LogP) is 13.1. The standard InChI is InChI=1S/C15H15NO2.C15H13NO2.C13H10INO2.C8H11NO.C7H13N.C5H7IO.ClH/c2*1-2-10-6-5-9-13(10)16-14(17)11-7-3-4-8-12(11)15(16)18;14-10-6-3-7-11(10)15-12(16)8-4-1-2-5-9(8)13(15)17;1-2-7-4-3-5-8(7)10-6-9;1-2-6-4-3-5-7(6)8;6-4-2-1-3-5(4)7;/h3-4,6-8,13H,2,5,9H2,1H3;2-4,6-8,13H,1,5,9H2;1-2,4-6,11H,3,7H2;3-4,7-8H,2,5H2,1H3;3-4,6-7H,2,5,8H2,1H3;2,5,7H,1,3H2;1H. The molecule has 0 aromatic heterocycles. The first-order valence-electron chi connectivity index (χ1n) is 27.2. The molecule has 8 unspecified atom stereocenters. The zero-order valence-corrected chi connectivity index (χ0v) is 50.1. The Hall–Kier alpha value is -5.78. The number of aliphatic hydroxyl groups is 1. The lowest BCUT2D eigenvalue weighted by molar-refractivity contribution is 0.0592. The highest BCUT2D eigenvalue weighted by Crippen LogP contribution is 2.37. The van der Waals surface area contributed by atoms with E-state index < -0.39 is 0 Å². The number of rotatable bonds is 8. The third-order valence-electron chi connectivity index (χ3n) is 15.4. The number of imide groups is 3. The monoisotopic (exact) mass is 1310 g/mol. The topological polar surface area (TPSA) is 191 Å². The molecule has 8 atom stereocenters. The maximum Gasteiger partial charge on any atom is 0.286 e. The van der Waals surface area contributed by atoms with Gasteiger partial charge in [-0.25, -0.2) is 0 Å². The molecule has 0 fully saturated rings. The van der Waals surface area contributed by atoms with Crippen molar-refractivity contribution < 1.29 is 38.6 Å². The number of allylic oxidation sites excluding steroid dienone is 4. The van der Waals surface area contributed by atoms with Gasteiger partial charge in [0.2, 0.25) is 0 Å². The fraction of sp³-hybridized carbons (Fsp3) is 0.381. The molecule has 0 spiro atoms. The smallest absolute Gasteiger partial charge is 0.286 e. The van der Waals surface area contributed by atoms with Crippen LogP contribution in [0.5, 0.6) is 0 Å². The number of hydrogen-bond acceptors (Lipinski definition) is 10. The van der Waals surface area contributed by atoms with Crippen LogP contribution >= 0.6 is 57.6 Å². The van der Waals surface area contributed by atoms with Gasteiger partial charge in [-0.1, -0.05) is 124 Å². The molecular weight excluding hydrogens is 1240 g/mol. The van der Waals surface area contributed by atoms with E-state index in [-0.39, 0.29) is 78.2 Å². The van der Waals surface area contributed by atoms with E-state index in [0.29, 0.717) is 51.3 Å². The van der Waals surface area contributed by atoms with E-state index in [1.54, 1.807) is 85.1 Å². The molecule has 0 bridgehead atoms. The van der Waals surface area contributed by atoms with Gasteiger partial charge >= 0.3 is 0 Å². The van der Waals surface area contributed by atoms with Crippen molar-refractivity contribution in [1.82, 2.24) is 14.7 Å². The van der Waals surface area contributed by atoms with Crippen molar-refractivity contribution in [2.75, 3.05) is 0 Å². The van der Waals surface area contributed by atoms with Crippen molar-refractivity contribution in [2.24, 2.45) is 17.6 Å². The van der Waals surface area contributed by atoms with Gasteiger partial charge in [0.1, 0.15) is 6.10 Å². The van der Waals surface area contributed by atoms with Crippen LogP contribution in [0.1, 0.15) is 166 Å². The average Bonchev–Trinajstić information content (AvgIpc) is 4.43. The van der Waals surface area contributed by atoms with E-state index >= 15 is 0 Å². The Labute approximate surface area is 498 Å². The van der Waals surface area contributed by atoms with Gasteiger partial charge in [0.25, 0.3) is 41.7 Å². The largest absolute Gasteiger partial charge is 0.423 e. The lowest BCUT2D eigenvalue weighted by Crippen LogP contribution is -2.39. The number of benzene rings is 3. The Morgan fingerprint density at radius 1 is 0.608 bits per heavy atom. The van der Waals surface area contributed by atoms with Crippen LogP contribution in [0.4, 0.5) is 0 Å². The molecule has 3 N–H and O–H groups in total. The molecule has 0 saturated carbocycles. The second kappa shape index (κ2) is 29.6. The highest BCUT2D eigenvalue weighted by molar-refractivity contribution is 14.1. The number of nitrogens with zero attached hydrogens (tertiary/aromatic N) is 4. The number of halogens is 3. The number of nitrogens with two attached hydrogens (primary N) is 1. The van der Waals surface area contributed by atoms with Crippen molar-refractivity contribution in [2.45, 2.75) is 141 Å². The van der Waals surface area contributed by atoms with Crippen LogP contribution < -0.4 is 5.73 Å². The minimum Gasteiger partial charge on any atom is -0.423 e. The van der Waals surface area contributed by atoms with Crippen LogP contribution in [-0.2, 0) is 4.74 Å². The molecule has 3 aromatic rings. The molecule has 416 valence electrons. The van der Waals surface area contributed by atoms with Gasteiger partial charge in [0.05, 0.1) is 57.6 Å². The minimum absolute atomic E-state index is 0. The van der Waals surface area contributed by atoms with E-state index in [1.807, 2.05) is 6.08 Å². The minimum atomic E-state index is -0.185. The number of fused-ring (bicyclic) bond motifs is 3. The number of carbonyl (C=O) groups excluding carboxylic acids is 6. The number of carbonyl (C=O) groups is 6. The molecule has 0 radical (unpaired) electrons. The van der Waals surface area contributed by atoms with Gasteiger partial charge in [-0.3, -0.25) is 43.5 Å². The summed E-state index contributed by atoms with van der Waals surface area (Å²) in [6.07, 6.45) is 32.9. The Morgan fingerprint density at radius 2 is 1.01 bits per heavy atom. The Balaban J connectivity index is 0.000000158. The fourth-order valence-electron chi connectivity index (χ4n) is 11.1. The van der Waals surface area contributed by atoms with Gasteiger partial charge in [-0.2, -0.15) is 5.26 Å². The molecule has 3 heterocycles. The second-order valence-electron chi connectivity index (χ2n) is 20.1. The third kappa shape index (κ3) is 14.2. The summed E-state index contributed by atoms with van der Waals surface area (Å²) >= 11 is 4.39. The van der Waals surface area contributed by atoms with Crippen LogP contribution in [0.2, 0.25) is 0 Å². The molecule has 6 amide bonds. The van der Waals surface area contributed by atoms with E-state index in [0.717, 1.165) is 89.8 Å². The van der Waals surface area contributed by atoms with Crippen LogP contribution in [0.15, 0.2) is 152 Å². The SMILES string of the molecule is C=CC1=CCCC1N1C(=O)c2ccccc2C1=O.CCC1=CCCC1N1C(=O)c2ccccc2C1=O.CCC1C=CCC1N.CCC1C=CCC1OC#N.Cl.O=C1c2ccccc2C(=O)N1C1CCC=C1I.OC1CCC=C1I.